The predicted octanol–water partition coefficient (Wildman–Crippen LogP) is 7.34. The number of azo groups is 1. The van der Waals surface area contributed by atoms with Crippen molar-refractivity contribution in [2.75, 3.05) is 12.4 Å². The smallest absolute Gasteiger partial charge is 0.296 e. The molecule has 0 aliphatic heterocycles. The number of aromatic hydroxyl groups is 1. The number of phenolic OH excluding ortho intramolecular Hbond substituents is 1. The highest BCUT2D eigenvalue weighted by molar-refractivity contribution is 7.86. The zero-order valence-electron chi connectivity index (χ0n) is 20.1. The second kappa shape index (κ2) is 11.0. The van der Waals surface area contributed by atoms with Crippen molar-refractivity contribution in [1.82, 2.24) is 0 Å². The van der Waals surface area contributed by atoms with Crippen molar-refractivity contribution >= 4 is 67.1 Å². The molecule has 0 heterocycles. The molecule has 0 fully saturated rings. The summed E-state index contributed by atoms with van der Waals surface area (Å²) in [6.07, 6.45) is 0.352. The van der Waals surface area contributed by atoms with Gasteiger partial charge in [0, 0.05) is 10.4 Å². The molecule has 0 bridgehead atoms. The van der Waals surface area contributed by atoms with Gasteiger partial charge < -0.3 is 15.2 Å². The maximum atomic E-state index is 13.2. The van der Waals surface area contributed by atoms with Crippen LogP contribution in [0.2, 0.25) is 10.0 Å². The summed E-state index contributed by atoms with van der Waals surface area (Å²) in [6.45, 7) is 1.76. The average Bonchev–Trinajstić information content (AvgIpc) is 2.87. The lowest BCUT2D eigenvalue weighted by Gasteiger charge is -2.13. The molecule has 4 rings (SSSR count). The Kier molecular flexibility index (Phi) is 7.89. The van der Waals surface area contributed by atoms with Gasteiger partial charge in [-0.2, -0.15) is 13.5 Å². The van der Waals surface area contributed by atoms with Gasteiger partial charge in [0.05, 0.1) is 29.1 Å². The maximum absolute atomic E-state index is 13.2. The summed E-state index contributed by atoms with van der Waals surface area (Å²) in [6, 6.07) is 15.7. The molecule has 4 aromatic carbocycles. The van der Waals surface area contributed by atoms with Crippen LogP contribution in [-0.2, 0) is 16.5 Å². The SMILES string of the molecule is CCc1cc(S(=O)(=O)O)c(Cl)cc1N=Nc1c(O)c(C(=O)Nc2cc(Cl)ccc2OC)cc2ccccc12. The monoisotopic (exact) mass is 573 g/mol. The largest absolute Gasteiger partial charge is 0.505 e. The molecular weight excluding hydrogens is 553 g/mol. The van der Waals surface area contributed by atoms with Crippen LogP contribution in [0.3, 0.4) is 0 Å². The molecule has 0 saturated carbocycles. The molecule has 3 N–H and O–H groups in total. The fourth-order valence-corrected chi connectivity index (χ4v) is 5.04. The number of rotatable bonds is 7. The van der Waals surface area contributed by atoms with Crippen molar-refractivity contribution in [1.29, 1.82) is 0 Å². The summed E-state index contributed by atoms with van der Waals surface area (Å²) in [7, 11) is -3.09. The summed E-state index contributed by atoms with van der Waals surface area (Å²) in [4.78, 5) is 12.8. The van der Waals surface area contributed by atoms with Crippen LogP contribution in [0.5, 0.6) is 11.5 Å². The van der Waals surface area contributed by atoms with Gasteiger partial charge in [-0.3, -0.25) is 9.35 Å². The van der Waals surface area contributed by atoms with Gasteiger partial charge in [0.2, 0.25) is 0 Å². The molecule has 1 amide bonds. The fourth-order valence-electron chi connectivity index (χ4n) is 3.82. The minimum absolute atomic E-state index is 0.0170. The number of amides is 1. The number of nitrogens with one attached hydrogen (secondary N) is 1. The number of carbonyl (C=O) groups excluding carboxylic acids is 1. The van der Waals surface area contributed by atoms with Crippen LogP contribution in [0.25, 0.3) is 10.8 Å². The zero-order valence-corrected chi connectivity index (χ0v) is 22.4. The average molecular weight is 574 g/mol. The van der Waals surface area contributed by atoms with E-state index in [-0.39, 0.29) is 22.0 Å². The van der Waals surface area contributed by atoms with E-state index in [1.807, 2.05) is 0 Å². The quantitative estimate of drug-likeness (QED) is 0.156. The van der Waals surface area contributed by atoms with Gasteiger partial charge in [0.15, 0.2) is 5.75 Å². The summed E-state index contributed by atoms with van der Waals surface area (Å²) in [5.74, 6) is -0.690. The molecule has 0 aromatic heterocycles. The Morgan fingerprint density at radius 3 is 2.47 bits per heavy atom. The molecule has 38 heavy (non-hydrogen) atoms. The number of hydrogen-bond donors (Lipinski definition) is 3. The number of benzene rings is 4. The molecule has 0 aliphatic rings. The number of ether oxygens (including phenoxy) is 1. The van der Waals surface area contributed by atoms with Gasteiger partial charge >= 0.3 is 0 Å². The second-order valence-electron chi connectivity index (χ2n) is 8.08. The molecule has 0 aliphatic carbocycles. The molecule has 0 radical (unpaired) electrons. The minimum Gasteiger partial charge on any atom is -0.505 e. The Labute approximate surface area is 228 Å². The molecule has 9 nitrogen and oxygen atoms in total. The molecule has 12 heteroatoms. The lowest BCUT2D eigenvalue weighted by molar-refractivity contribution is 0.102. The van der Waals surface area contributed by atoms with Crippen molar-refractivity contribution in [2.45, 2.75) is 18.2 Å². The first-order chi connectivity index (χ1) is 18.0. The van der Waals surface area contributed by atoms with Gasteiger partial charge in [-0.05, 0) is 53.8 Å². The van der Waals surface area contributed by atoms with Crippen LogP contribution >= 0.6 is 23.2 Å². The minimum atomic E-state index is -4.54. The predicted molar refractivity (Wildman–Crippen MR) is 146 cm³/mol. The van der Waals surface area contributed by atoms with Crippen LogP contribution in [0, 0.1) is 0 Å². The first-order valence-corrected chi connectivity index (χ1v) is 13.3. The van der Waals surface area contributed by atoms with E-state index < -0.39 is 26.7 Å². The number of anilines is 1. The van der Waals surface area contributed by atoms with Crippen molar-refractivity contribution in [3.8, 4) is 11.5 Å². The third-order valence-electron chi connectivity index (χ3n) is 5.70. The van der Waals surface area contributed by atoms with E-state index in [1.54, 1.807) is 43.3 Å². The molecule has 196 valence electrons. The third-order valence-corrected chi connectivity index (χ3v) is 7.25. The summed E-state index contributed by atoms with van der Waals surface area (Å²) < 4.78 is 38.0. The Balaban J connectivity index is 1.82. The van der Waals surface area contributed by atoms with Crippen LogP contribution in [-0.4, -0.2) is 31.1 Å². The fraction of sp³-hybridized carbons (Fsp3) is 0.115. The van der Waals surface area contributed by atoms with E-state index >= 15 is 0 Å². The van der Waals surface area contributed by atoms with Crippen molar-refractivity contribution in [2.24, 2.45) is 10.2 Å². The number of methoxy groups -OCH3 is 1. The second-order valence-corrected chi connectivity index (χ2v) is 10.3. The lowest BCUT2D eigenvalue weighted by Crippen LogP contribution is -2.13. The maximum Gasteiger partial charge on any atom is 0.296 e. The number of carbonyl (C=O) groups is 1. The van der Waals surface area contributed by atoms with Gasteiger partial charge in [-0.25, -0.2) is 0 Å². The Morgan fingerprint density at radius 1 is 1.05 bits per heavy atom. The first-order valence-electron chi connectivity index (χ1n) is 11.1. The van der Waals surface area contributed by atoms with Crippen LogP contribution in [0.4, 0.5) is 17.1 Å². The third kappa shape index (κ3) is 5.58. The van der Waals surface area contributed by atoms with E-state index in [4.69, 9.17) is 27.9 Å². The highest BCUT2D eigenvalue weighted by Crippen LogP contribution is 2.41. The lowest BCUT2D eigenvalue weighted by atomic mass is 10.0. The molecule has 0 unspecified atom stereocenters. The normalized spacial score (nSPS) is 11.7. The topological polar surface area (TPSA) is 138 Å². The van der Waals surface area contributed by atoms with Crippen molar-refractivity contribution < 1.29 is 27.6 Å². The molecule has 0 saturated heterocycles. The number of nitrogens with zero attached hydrogens (tertiary/aromatic N) is 2. The Hall–Kier alpha value is -3.70. The van der Waals surface area contributed by atoms with Crippen molar-refractivity contribution in [3.05, 3.63) is 81.8 Å². The highest BCUT2D eigenvalue weighted by Gasteiger charge is 2.21. The summed E-state index contributed by atoms with van der Waals surface area (Å²) in [5.41, 5.74) is 0.920. The van der Waals surface area contributed by atoms with Gasteiger partial charge in [-0.1, -0.05) is 54.4 Å². The number of halogens is 2. The standard InChI is InChI=1S/C26H21Cl2N3O6S/c1-3-14-11-23(38(34,35)36)19(28)13-20(14)30-31-24-17-7-5-4-6-15(17)10-18(25(24)32)26(33)29-21-12-16(27)8-9-22(21)37-2/h4-13,32H,3H2,1-2H3,(H,29,33)(H,34,35,36). The highest BCUT2D eigenvalue weighted by atomic mass is 35.5. The van der Waals surface area contributed by atoms with E-state index in [1.165, 1.54) is 31.4 Å². The van der Waals surface area contributed by atoms with Crippen LogP contribution in [0.15, 0.2) is 75.8 Å². The molecule has 0 atom stereocenters. The summed E-state index contributed by atoms with van der Waals surface area (Å²) in [5, 5.41) is 23.5. The van der Waals surface area contributed by atoms with E-state index in [0.29, 0.717) is 39.2 Å². The summed E-state index contributed by atoms with van der Waals surface area (Å²) >= 11 is 12.1. The Bertz CT molecular complexity index is 1710. The van der Waals surface area contributed by atoms with Gasteiger partial charge in [-0.15, -0.1) is 5.11 Å². The van der Waals surface area contributed by atoms with Gasteiger partial charge in [0.1, 0.15) is 16.3 Å². The van der Waals surface area contributed by atoms with Crippen LogP contribution in [0.1, 0.15) is 22.8 Å². The number of aryl methyl sites for hydroxylation is 1. The van der Waals surface area contributed by atoms with Crippen molar-refractivity contribution in [3.63, 3.8) is 0 Å². The molecular formula is C26H21Cl2N3O6S. The zero-order chi connectivity index (χ0) is 27.6. The van der Waals surface area contributed by atoms with Gasteiger partial charge in [0.25, 0.3) is 16.0 Å². The first kappa shape index (κ1) is 27.3. The number of fused-ring (bicyclic) bond motifs is 1. The number of hydrogen-bond acceptors (Lipinski definition) is 7. The molecule has 0 spiro atoms. The van der Waals surface area contributed by atoms with E-state index in [9.17, 15) is 22.9 Å². The Morgan fingerprint density at radius 2 is 1.79 bits per heavy atom. The molecule has 4 aromatic rings. The number of phenols is 1. The van der Waals surface area contributed by atoms with E-state index in [2.05, 4.69) is 15.5 Å². The van der Waals surface area contributed by atoms with Crippen LogP contribution < -0.4 is 10.1 Å². The van der Waals surface area contributed by atoms with E-state index in [0.717, 1.165) is 0 Å².